The van der Waals surface area contributed by atoms with E-state index in [1.165, 1.54) is 11.1 Å². The molecule has 0 amide bonds. The molecule has 0 heterocycles. The molecule has 2 rings (SSSR count). The lowest BCUT2D eigenvalue weighted by atomic mass is 10.1. The van der Waals surface area contributed by atoms with Gasteiger partial charge in [0.05, 0.1) is 0 Å². The molecular weight excluding hydrogens is 413 g/mol. The van der Waals surface area contributed by atoms with Crippen LogP contribution in [0.2, 0.25) is 0 Å². The van der Waals surface area contributed by atoms with E-state index in [1.54, 1.807) is 0 Å². The van der Waals surface area contributed by atoms with Crippen molar-refractivity contribution >= 4 is 29.9 Å². The van der Waals surface area contributed by atoms with E-state index in [4.69, 9.17) is 10.5 Å². The SMILES string of the molecule is CCCN=C(N)NCCc1ccc(OCc2ccccc2)cc1.I. The summed E-state index contributed by atoms with van der Waals surface area (Å²) in [4.78, 5) is 4.20. The molecule has 3 N–H and O–H groups in total. The average molecular weight is 439 g/mol. The fourth-order valence-electron chi connectivity index (χ4n) is 2.12. The van der Waals surface area contributed by atoms with Gasteiger partial charge in [-0.15, -0.1) is 24.0 Å². The molecule has 0 aliphatic rings. The minimum atomic E-state index is 0. The molecular formula is C19H26IN3O. The van der Waals surface area contributed by atoms with Crippen LogP contribution in [-0.2, 0) is 13.0 Å². The molecule has 0 spiro atoms. The quantitative estimate of drug-likeness (QED) is 0.374. The smallest absolute Gasteiger partial charge is 0.188 e. The van der Waals surface area contributed by atoms with Crippen molar-refractivity contribution in [2.24, 2.45) is 10.7 Å². The second-order valence-electron chi connectivity index (χ2n) is 5.36. The van der Waals surface area contributed by atoms with Crippen molar-refractivity contribution in [2.75, 3.05) is 13.1 Å². The number of ether oxygens (including phenoxy) is 1. The number of guanidine groups is 1. The Morgan fingerprint density at radius 2 is 1.75 bits per heavy atom. The van der Waals surface area contributed by atoms with Gasteiger partial charge in [0.1, 0.15) is 12.4 Å². The van der Waals surface area contributed by atoms with E-state index < -0.39 is 0 Å². The van der Waals surface area contributed by atoms with Crippen LogP contribution in [0.5, 0.6) is 5.75 Å². The zero-order valence-corrected chi connectivity index (χ0v) is 16.4. The molecule has 0 unspecified atom stereocenters. The third-order valence-electron chi connectivity index (χ3n) is 3.40. The lowest BCUT2D eigenvalue weighted by Crippen LogP contribution is -2.33. The number of aliphatic imine (C=N–C) groups is 1. The predicted octanol–water partition coefficient (Wildman–Crippen LogP) is 3.74. The highest BCUT2D eigenvalue weighted by atomic mass is 127. The van der Waals surface area contributed by atoms with Gasteiger partial charge in [0.25, 0.3) is 0 Å². The Kier molecular flexibility index (Phi) is 9.91. The van der Waals surface area contributed by atoms with Crippen molar-refractivity contribution in [3.05, 3.63) is 65.7 Å². The second-order valence-corrected chi connectivity index (χ2v) is 5.36. The fraction of sp³-hybridized carbons (Fsp3) is 0.316. The molecule has 0 saturated heterocycles. The van der Waals surface area contributed by atoms with E-state index in [-0.39, 0.29) is 24.0 Å². The van der Waals surface area contributed by atoms with E-state index in [1.807, 2.05) is 30.3 Å². The molecule has 130 valence electrons. The Hall–Kier alpha value is -1.76. The topological polar surface area (TPSA) is 59.6 Å². The van der Waals surface area contributed by atoms with Crippen molar-refractivity contribution in [3.63, 3.8) is 0 Å². The zero-order valence-electron chi connectivity index (χ0n) is 14.1. The summed E-state index contributed by atoms with van der Waals surface area (Å²) in [7, 11) is 0. The lowest BCUT2D eigenvalue weighted by Gasteiger charge is -2.08. The van der Waals surface area contributed by atoms with Crippen molar-refractivity contribution < 1.29 is 4.74 Å². The molecule has 4 nitrogen and oxygen atoms in total. The van der Waals surface area contributed by atoms with Crippen LogP contribution < -0.4 is 15.8 Å². The summed E-state index contributed by atoms with van der Waals surface area (Å²) >= 11 is 0. The molecule has 0 aliphatic heterocycles. The number of nitrogens with zero attached hydrogens (tertiary/aromatic N) is 1. The van der Waals surface area contributed by atoms with E-state index in [2.05, 4.69) is 41.5 Å². The van der Waals surface area contributed by atoms with Crippen LogP contribution in [0.1, 0.15) is 24.5 Å². The number of halogens is 1. The van der Waals surface area contributed by atoms with Crippen LogP contribution in [-0.4, -0.2) is 19.0 Å². The number of nitrogens with two attached hydrogens (primary N) is 1. The predicted molar refractivity (Wildman–Crippen MR) is 111 cm³/mol. The van der Waals surface area contributed by atoms with Crippen molar-refractivity contribution in [1.29, 1.82) is 0 Å². The van der Waals surface area contributed by atoms with E-state index in [0.717, 1.165) is 31.7 Å². The fourth-order valence-corrected chi connectivity index (χ4v) is 2.12. The average Bonchev–Trinajstić information content (AvgIpc) is 2.60. The van der Waals surface area contributed by atoms with Gasteiger partial charge >= 0.3 is 0 Å². The van der Waals surface area contributed by atoms with Crippen LogP contribution in [0, 0.1) is 0 Å². The van der Waals surface area contributed by atoms with Gasteiger partial charge in [0.15, 0.2) is 5.96 Å². The summed E-state index contributed by atoms with van der Waals surface area (Å²) in [6.07, 6.45) is 1.91. The third kappa shape index (κ3) is 7.68. The van der Waals surface area contributed by atoms with E-state index >= 15 is 0 Å². The molecule has 0 aliphatic carbocycles. The first-order valence-corrected chi connectivity index (χ1v) is 8.07. The summed E-state index contributed by atoms with van der Waals surface area (Å²) in [6, 6.07) is 18.3. The molecule has 0 bridgehead atoms. The number of hydrogen-bond donors (Lipinski definition) is 2. The normalized spacial score (nSPS) is 10.8. The Bertz CT molecular complexity index is 600. The van der Waals surface area contributed by atoms with Crippen molar-refractivity contribution in [3.8, 4) is 5.75 Å². The Morgan fingerprint density at radius 1 is 1.04 bits per heavy atom. The maximum atomic E-state index is 5.78. The van der Waals surface area contributed by atoms with Gasteiger partial charge in [-0.2, -0.15) is 0 Å². The zero-order chi connectivity index (χ0) is 16.3. The summed E-state index contributed by atoms with van der Waals surface area (Å²) in [5.74, 6) is 1.41. The van der Waals surface area contributed by atoms with Gasteiger partial charge in [-0.1, -0.05) is 49.4 Å². The first-order chi connectivity index (χ1) is 11.3. The van der Waals surface area contributed by atoms with Gasteiger partial charge in [-0.25, -0.2) is 0 Å². The van der Waals surface area contributed by atoms with Gasteiger partial charge in [-0.05, 0) is 36.1 Å². The third-order valence-corrected chi connectivity index (χ3v) is 3.40. The minimum absolute atomic E-state index is 0. The van der Waals surface area contributed by atoms with E-state index in [0.29, 0.717) is 12.6 Å². The van der Waals surface area contributed by atoms with Gasteiger partial charge in [0, 0.05) is 13.1 Å². The molecule has 24 heavy (non-hydrogen) atoms. The monoisotopic (exact) mass is 439 g/mol. The maximum absolute atomic E-state index is 5.78. The summed E-state index contributed by atoms with van der Waals surface area (Å²) in [6.45, 7) is 4.22. The molecule has 0 saturated carbocycles. The number of nitrogens with one attached hydrogen (secondary N) is 1. The van der Waals surface area contributed by atoms with Crippen LogP contribution in [0.15, 0.2) is 59.6 Å². The molecule has 0 fully saturated rings. The Morgan fingerprint density at radius 3 is 2.42 bits per heavy atom. The lowest BCUT2D eigenvalue weighted by molar-refractivity contribution is 0.306. The largest absolute Gasteiger partial charge is 0.489 e. The molecule has 0 radical (unpaired) electrons. The minimum Gasteiger partial charge on any atom is -0.489 e. The molecule has 2 aromatic rings. The molecule has 0 aromatic heterocycles. The first-order valence-electron chi connectivity index (χ1n) is 8.07. The second kappa shape index (κ2) is 11.7. The van der Waals surface area contributed by atoms with Crippen molar-refractivity contribution in [1.82, 2.24) is 5.32 Å². The summed E-state index contributed by atoms with van der Waals surface area (Å²) < 4.78 is 5.78. The molecule has 0 atom stereocenters. The first kappa shape index (κ1) is 20.3. The molecule has 5 heteroatoms. The van der Waals surface area contributed by atoms with Crippen LogP contribution >= 0.6 is 24.0 Å². The molecule has 2 aromatic carbocycles. The maximum Gasteiger partial charge on any atom is 0.188 e. The Labute approximate surface area is 161 Å². The van der Waals surface area contributed by atoms with Crippen LogP contribution in [0.4, 0.5) is 0 Å². The number of rotatable bonds is 8. The van der Waals surface area contributed by atoms with E-state index in [9.17, 15) is 0 Å². The number of hydrogen-bond acceptors (Lipinski definition) is 2. The van der Waals surface area contributed by atoms with Crippen LogP contribution in [0.3, 0.4) is 0 Å². The number of benzene rings is 2. The Balaban J connectivity index is 0.00000288. The van der Waals surface area contributed by atoms with Gasteiger partial charge in [-0.3, -0.25) is 4.99 Å². The summed E-state index contributed by atoms with van der Waals surface area (Å²) in [5.41, 5.74) is 8.17. The highest BCUT2D eigenvalue weighted by Crippen LogP contribution is 2.14. The van der Waals surface area contributed by atoms with Crippen molar-refractivity contribution in [2.45, 2.75) is 26.4 Å². The van der Waals surface area contributed by atoms with Gasteiger partial charge < -0.3 is 15.8 Å². The van der Waals surface area contributed by atoms with Crippen LogP contribution in [0.25, 0.3) is 0 Å². The highest BCUT2D eigenvalue weighted by Gasteiger charge is 1.98. The summed E-state index contributed by atoms with van der Waals surface area (Å²) in [5, 5.41) is 3.12. The highest BCUT2D eigenvalue weighted by molar-refractivity contribution is 14.0. The van der Waals surface area contributed by atoms with Gasteiger partial charge in [0.2, 0.25) is 0 Å². The standard InChI is InChI=1S/C19H25N3O.HI/c1-2-13-21-19(20)22-14-12-16-8-10-18(11-9-16)23-15-17-6-4-3-5-7-17;/h3-11H,2,12-15H2,1H3,(H3,20,21,22);1H.